The number of amides is 2. The van der Waals surface area contributed by atoms with Crippen molar-refractivity contribution in [1.29, 1.82) is 0 Å². The summed E-state index contributed by atoms with van der Waals surface area (Å²) in [5.41, 5.74) is 4.70. The Morgan fingerprint density at radius 3 is 2.80 bits per heavy atom. The molecule has 2 rings (SSSR count). The molecular formula is C12H20N4O4. The van der Waals surface area contributed by atoms with Gasteiger partial charge in [-0.1, -0.05) is 5.16 Å². The van der Waals surface area contributed by atoms with Gasteiger partial charge in [-0.15, -0.1) is 0 Å². The quantitative estimate of drug-likeness (QED) is 0.257. The molecule has 0 bridgehead atoms. The van der Waals surface area contributed by atoms with E-state index in [0.717, 1.165) is 0 Å². The van der Waals surface area contributed by atoms with Crippen LogP contribution in [0.3, 0.4) is 0 Å². The largest absolute Gasteiger partial charge is 0.409 e. The molecular weight excluding hydrogens is 264 g/mol. The van der Waals surface area contributed by atoms with Crippen LogP contribution in [0.15, 0.2) is 5.16 Å². The van der Waals surface area contributed by atoms with Gasteiger partial charge in [-0.2, -0.15) is 0 Å². The summed E-state index contributed by atoms with van der Waals surface area (Å²) in [5.74, 6) is -0.541. The molecule has 2 amide bonds. The van der Waals surface area contributed by atoms with E-state index < -0.39 is 5.41 Å². The Balaban J connectivity index is 2.23. The first-order chi connectivity index (χ1) is 9.60. The number of nitrogens with zero attached hydrogens (tertiary/aromatic N) is 2. The van der Waals surface area contributed by atoms with Crippen LogP contribution in [0.4, 0.5) is 0 Å². The first-order valence-corrected chi connectivity index (χ1v) is 6.72. The molecule has 2 fully saturated rings. The first kappa shape index (κ1) is 14.6. The lowest BCUT2D eigenvalue weighted by molar-refractivity contribution is -0.144. The van der Waals surface area contributed by atoms with Crippen LogP contribution in [0, 0.1) is 5.41 Å². The molecule has 8 heteroatoms. The number of rotatable bonds is 2. The van der Waals surface area contributed by atoms with Gasteiger partial charge in [-0.05, 0) is 19.3 Å². The van der Waals surface area contributed by atoms with Gasteiger partial charge in [-0.3, -0.25) is 9.59 Å². The molecule has 2 heterocycles. The molecule has 0 spiro atoms. The van der Waals surface area contributed by atoms with Crippen LogP contribution in [-0.4, -0.2) is 60.6 Å². The van der Waals surface area contributed by atoms with Gasteiger partial charge >= 0.3 is 0 Å². The van der Waals surface area contributed by atoms with Crippen LogP contribution in [0.1, 0.15) is 19.3 Å². The summed E-state index contributed by atoms with van der Waals surface area (Å²) >= 11 is 0. The van der Waals surface area contributed by atoms with E-state index in [0.29, 0.717) is 45.6 Å². The van der Waals surface area contributed by atoms with E-state index in [2.05, 4.69) is 10.5 Å². The van der Waals surface area contributed by atoms with Gasteiger partial charge in [0.25, 0.3) is 0 Å². The minimum absolute atomic E-state index is 0.0140. The molecule has 2 saturated heterocycles. The number of hydrogen-bond acceptors (Lipinski definition) is 5. The first-order valence-electron chi connectivity index (χ1n) is 6.72. The van der Waals surface area contributed by atoms with Crippen molar-refractivity contribution < 1.29 is 19.5 Å². The smallest absolute Gasteiger partial charge is 0.239 e. The highest BCUT2D eigenvalue weighted by molar-refractivity contribution is 6.07. The molecule has 0 aromatic rings. The average molecular weight is 284 g/mol. The maximum absolute atomic E-state index is 12.8. The minimum atomic E-state index is -1.06. The third kappa shape index (κ3) is 2.69. The fourth-order valence-corrected chi connectivity index (χ4v) is 2.68. The second-order valence-corrected chi connectivity index (χ2v) is 5.11. The van der Waals surface area contributed by atoms with Crippen molar-refractivity contribution in [3.05, 3.63) is 0 Å². The zero-order valence-electron chi connectivity index (χ0n) is 11.3. The van der Waals surface area contributed by atoms with Crippen LogP contribution in [0.2, 0.25) is 0 Å². The minimum Gasteiger partial charge on any atom is -0.409 e. The van der Waals surface area contributed by atoms with E-state index in [1.807, 2.05) is 0 Å². The van der Waals surface area contributed by atoms with Crippen LogP contribution in [0.5, 0.6) is 0 Å². The lowest BCUT2D eigenvalue weighted by Gasteiger charge is -2.37. The molecule has 2 aliphatic heterocycles. The molecule has 0 aromatic heterocycles. The van der Waals surface area contributed by atoms with E-state index >= 15 is 0 Å². The number of hydrogen-bond donors (Lipinski definition) is 3. The van der Waals surface area contributed by atoms with E-state index in [-0.39, 0.29) is 24.2 Å². The Labute approximate surface area is 116 Å². The van der Waals surface area contributed by atoms with E-state index in [9.17, 15) is 9.59 Å². The van der Waals surface area contributed by atoms with Crippen molar-refractivity contribution in [1.82, 2.24) is 10.2 Å². The molecule has 2 aliphatic rings. The second kappa shape index (κ2) is 6.08. The third-order valence-corrected chi connectivity index (χ3v) is 3.90. The monoisotopic (exact) mass is 284 g/mol. The lowest BCUT2D eigenvalue weighted by atomic mass is 9.77. The van der Waals surface area contributed by atoms with Crippen molar-refractivity contribution in [3.8, 4) is 0 Å². The summed E-state index contributed by atoms with van der Waals surface area (Å²) in [6, 6.07) is 0. The molecule has 0 saturated carbocycles. The Hall–Kier alpha value is -1.83. The van der Waals surface area contributed by atoms with Gasteiger partial charge in [0.15, 0.2) is 5.84 Å². The van der Waals surface area contributed by atoms with Crippen LogP contribution < -0.4 is 11.1 Å². The van der Waals surface area contributed by atoms with Crippen molar-refractivity contribution in [2.45, 2.75) is 19.3 Å². The fourth-order valence-electron chi connectivity index (χ4n) is 2.68. The zero-order valence-corrected chi connectivity index (χ0v) is 11.3. The average Bonchev–Trinajstić information content (AvgIpc) is 2.70. The number of carbonyl (C=O) groups excluding carboxylic acids is 2. The normalized spacial score (nSPS) is 23.9. The highest BCUT2D eigenvalue weighted by atomic mass is 16.5. The Kier molecular flexibility index (Phi) is 4.43. The molecule has 0 atom stereocenters. The van der Waals surface area contributed by atoms with Gasteiger partial charge in [-0.25, -0.2) is 0 Å². The van der Waals surface area contributed by atoms with Crippen LogP contribution >= 0.6 is 0 Å². The molecule has 0 aliphatic carbocycles. The standard InChI is InChI=1S/C12H20N4O4/c13-10(15-19)12(2-6-20-7-3-12)11(18)16-5-1-4-14-9(17)8-16/h19H,1-8H2,(H2,13,15)(H,14,17). The third-order valence-electron chi connectivity index (χ3n) is 3.90. The lowest BCUT2D eigenvalue weighted by Crippen LogP contribution is -2.55. The van der Waals surface area contributed by atoms with Gasteiger partial charge in [0.2, 0.25) is 11.8 Å². The Morgan fingerprint density at radius 1 is 1.45 bits per heavy atom. The highest BCUT2D eigenvalue weighted by Gasteiger charge is 2.47. The number of carbonyl (C=O) groups is 2. The molecule has 20 heavy (non-hydrogen) atoms. The summed E-state index contributed by atoms with van der Waals surface area (Å²) in [6.45, 7) is 1.81. The van der Waals surface area contributed by atoms with Crippen molar-refractivity contribution >= 4 is 17.6 Å². The predicted molar refractivity (Wildman–Crippen MR) is 70.1 cm³/mol. The molecule has 4 N–H and O–H groups in total. The predicted octanol–water partition coefficient (Wildman–Crippen LogP) is -1.12. The summed E-state index contributed by atoms with van der Waals surface area (Å²) in [6.07, 6.45) is 1.42. The zero-order chi connectivity index (χ0) is 14.6. The maximum Gasteiger partial charge on any atom is 0.239 e. The topological polar surface area (TPSA) is 117 Å². The van der Waals surface area contributed by atoms with Gasteiger partial charge in [0.05, 0.1) is 6.54 Å². The maximum atomic E-state index is 12.8. The number of nitrogens with one attached hydrogen (secondary N) is 1. The van der Waals surface area contributed by atoms with E-state index in [1.54, 1.807) is 0 Å². The second-order valence-electron chi connectivity index (χ2n) is 5.11. The summed E-state index contributed by atoms with van der Waals surface area (Å²) in [5, 5.41) is 14.7. The summed E-state index contributed by atoms with van der Waals surface area (Å²) in [4.78, 5) is 25.9. The highest BCUT2D eigenvalue weighted by Crippen LogP contribution is 2.33. The number of nitrogens with two attached hydrogens (primary N) is 1. The van der Waals surface area contributed by atoms with Gasteiger partial charge in [0, 0.05) is 26.3 Å². The molecule has 0 unspecified atom stereocenters. The molecule has 112 valence electrons. The molecule has 8 nitrogen and oxygen atoms in total. The van der Waals surface area contributed by atoms with Gasteiger partial charge in [0.1, 0.15) is 5.41 Å². The number of ether oxygens (including phenoxy) is 1. The van der Waals surface area contributed by atoms with Crippen LogP contribution in [-0.2, 0) is 14.3 Å². The fraction of sp³-hybridized carbons (Fsp3) is 0.750. The number of oxime groups is 1. The summed E-state index contributed by atoms with van der Waals surface area (Å²) < 4.78 is 5.26. The van der Waals surface area contributed by atoms with Gasteiger partial charge < -0.3 is 25.9 Å². The Bertz CT molecular complexity index is 418. The van der Waals surface area contributed by atoms with Crippen molar-refractivity contribution in [2.24, 2.45) is 16.3 Å². The molecule has 0 aromatic carbocycles. The van der Waals surface area contributed by atoms with E-state index in [4.69, 9.17) is 15.7 Å². The van der Waals surface area contributed by atoms with E-state index in [1.165, 1.54) is 4.90 Å². The van der Waals surface area contributed by atoms with Crippen LogP contribution in [0.25, 0.3) is 0 Å². The molecule has 0 radical (unpaired) electrons. The number of amidine groups is 1. The van der Waals surface area contributed by atoms with Crippen molar-refractivity contribution in [3.63, 3.8) is 0 Å². The SMILES string of the molecule is NC(=NO)C1(C(=O)N2CCCNC(=O)C2)CCOCC1. The summed E-state index contributed by atoms with van der Waals surface area (Å²) in [7, 11) is 0. The Morgan fingerprint density at radius 2 is 2.15 bits per heavy atom. The van der Waals surface area contributed by atoms with Crippen molar-refractivity contribution in [2.75, 3.05) is 32.8 Å².